The zero-order valence-electron chi connectivity index (χ0n) is 15.1. The summed E-state index contributed by atoms with van der Waals surface area (Å²) in [5, 5.41) is 14.3. The number of benzene rings is 1. The standard InChI is InChI=1S/C19H22N4OS2/c1-4-15(14-9-7-13(2)8-10-14)20-17(24)12-26-19-22-21-18(23(19)3)16-6-5-11-25-16/h5-11,15H,4,12H2,1-3H3,(H,20,24). The molecule has 0 fully saturated rings. The summed E-state index contributed by atoms with van der Waals surface area (Å²) in [6.07, 6.45) is 0.853. The van der Waals surface area contributed by atoms with Crippen LogP contribution in [0.25, 0.3) is 10.7 Å². The van der Waals surface area contributed by atoms with Crippen molar-refractivity contribution in [2.45, 2.75) is 31.5 Å². The van der Waals surface area contributed by atoms with Gasteiger partial charge < -0.3 is 9.88 Å². The number of aryl methyl sites for hydroxylation is 1. The Hall–Kier alpha value is -2.12. The number of nitrogens with one attached hydrogen (secondary N) is 1. The van der Waals surface area contributed by atoms with Crippen molar-refractivity contribution in [3.05, 3.63) is 52.9 Å². The maximum absolute atomic E-state index is 12.4. The number of nitrogens with zero attached hydrogens (tertiary/aromatic N) is 3. The van der Waals surface area contributed by atoms with Gasteiger partial charge in [-0.2, -0.15) is 0 Å². The van der Waals surface area contributed by atoms with E-state index in [1.807, 2.05) is 29.1 Å². The van der Waals surface area contributed by atoms with Gasteiger partial charge in [0, 0.05) is 7.05 Å². The largest absolute Gasteiger partial charge is 0.349 e. The highest BCUT2D eigenvalue weighted by Gasteiger charge is 2.16. The number of rotatable bonds is 7. The molecule has 1 unspecified atom stereocenters. The fourth-order valence-electron chi connectivity index (χ4n) is 2.65. The van der Waals surface area contributed by atoms with Crippen LogP contribution in [0, 0.1) is 6.92 Å². The van der Waals surface area contributed by atoms with E-state index in [1.54, 1.807) is 11.3 Å². The Labute approximate surface area is 161 Å². The van der Waals surface area contributed by atoms with Crippen molar-refractivity contribution in [3.8, 4) is 10.7 Å². The van der Waals surface area contributed by atoms with Crippen LogP contribution in [-0.2, 0) is 11.8 Å². The fourth-order valence-corrected chi connectivity index (χ4v) is 4.11. The van der Waals surface area contributed by atoms with Crippen LogP contribution in [0.4, 0.5) is 0 Å². The first-order valence-corrected chi connectivity index (χ1v) is 10.4. The zero-order valence-corrected chi connectivity index (χ0v) is 16.7. The first-order chi connectivity index (χ1) is 12.6. The topological polar surface area (TPSA) is 59.8 Å². The lowest BCUT2D eigenvalue weighted by Gasteiger charge is -2.17. The molecule has 0 aliphatic heterocycles. The van der Waals surface area contributed by atoms with Crippen LogP contribution in [0.2, 0.25) is 0 Å². The summed E-state index contributed by atoms with van der Waals surface area (Å²) in [5.41, 5.74) is 2.35. The molecule has 1 aromatic carbocycles. The number of carbonyl (C=O) groups is 1. The van der Waals surface area contributed by atoms with Crippen LogP contribution in [0.1, 0.15) is 30.5 Å². The molecule has 26 heavy (non-hydrogen) atoms. The number of carbonyl (C=O) groups excluding carboxylic acids is 1. The normalized spacial score (nSPS) is 12.1. The van der Waals surface area contributed by atoms with E-state index >= 15 is 0 Å². The molecule has 0 bridgehead atoms. The Balaban J connectivity index is 1.59. The molecular formula is C19H22N4OS2. The average Bonchev–Trinajstić information content (AvgIpc) is 3.28. The Morgan fingerprint density at radius 2 is 2.04 bits per heavy atom. The van der Waals surface area contributed by atoms with Gasteiger partial charge in [0.2, 0.25) is 5.91 Å². The van der Waals surface area contributed by atoms with Gasteiger partial charge in [-0.15, -0.1) is 21.5 Å². The van der Waals surface area contributed by atoms with Crippen LogP contribution in [-0.4, -0.2) is 26.4 Å². The number of amides is 1. The van der Waals surface area contributed by atoms with Crippen molar-refractivity contribution in [1.82, 2.24) is 20.1 Å². The monoisotopic (exact) mass is 386 g/mol. The van der Waals surface area contributed by atoms with E-state index in [9.17, 15) is 4.79 Å². The van der Waals surface area contributed by atoms with Gasteiger partial charge >= 0.3 is 0 Å². The first kappa shape index (κ1) is 18.7. The van der Waals surface area contributed by atoms with Gasteiger partial charge in [-0.25, -0.2) is 0 Å². The van der Waals surface area contributed by atoms with E-state index in [1.165, 1.54) is 17.3 Å². The maximum Gasteiger partial charge on any atom is 0.230 e. The number of aromatic nitrogens is 3. The van der Waals surface area contributed by atoms with Gasteiger partial charge in [-0.05, 0) is 30.4 Å². The van der Waals surface area contributed by atoms with Crippen molar-refractivity contribution < 1.29 is 4.79 Å². The Morgan fingerprint density at radius 1 is 1.27 bits per heavy atom. The minimum Gasteiger partial charge on any atom is -0.349 e. The van der Waals surface area contributed by atoms with Crippen molar-refractivity contribution in [3.63, 3.8) is 0 Å². The highest BCUT2D eigenvalue weighted by molar-refractivity contribution is 7.99. The maximum atomic E-state index is 12.4. The molecule has 0 saturated heterocycles. The van der Waals surface area contributed by atoms with Gasteiger partial charge in [0.05, 0.1) is 16.7 Å². The Kier molecular flexibility index (Phi) is 6.11. The predicted molar refractivity (Wildman–Crippen MR) is 107 cm³/mol. The number of hydrogen-bond donors (Lipinski definition) is 1. The highest BCUT2D eigenvalue weighted by Crippen LogP contribution is 2.26. The molecule has 5 nitrogen and oxygen atoms in total. The summed E-state index contributed by atoms with van der Waals surface area (Å²) in [6, 6.07) is 12.3. The minimum atomic E-state index is 0.00287. The highest BCUT2D eigenvalue weighted by atomic mass is 32.2. The second kappa shape index (κ2) is 8.51. The van der Waals surface area contributed by atoms with Gasteiger partial charge in [0.25, 0.3) is 0 Å². The van der Waals surface area contributed by atoms with E-state index in [4.69, 9.17) is 0 Å². The Bertz CT molecular complexity index is 856. The lowest BCUT2D eigenvalue weighted by Crippen LogP contribution is -2.29. The number of hydrogen-bond acceptors (Lipinski definition) is 5. The molecule has 2 aromatic heterocycles. The molecule has 1 amide bonds. The van der Waals surface area contributed by atoms with Crippen molar-refractivity contribution in [2.75, 3.05) is 5.75 Å². The third kappa shape index (κ3) is 4.34. The van der Waals surface area contributed by atoms with Crippen molar-refractivity contribution in [1.29, 1.82) is 0 Å². The smallest absolute Gasteiger partial charge is 0.230 e. The molecule has 0 aliphatic rings. The molecule has 0 spiro atoms. The van der Waals surface area contributed by atoms with Crippen LogP contribution >= 0.6 is 23.1 Å². The first-order valence-electron chi connectivity index (χ1n) is 8.50. The van der Waals surface area contributed by atoms with E-state index in [-0.39, 0.29) is 11.9 Å². The number of thioether (sulfide) groups is 1. The predicted octanol–water partition coefficient (Wildman–Crippen LogP) is 4.21. The molecule has 3 aromatic rings. The summed E-state index contributed by atoms with van der Waals surface area (Å²) >= 11 is 3.03. The average molecular weight is 387 g/mol. The van der Waals surface area contributed by atoms with Crippen LogP contribution in [0.3, 0.4) is 0 Å². The third-order valence-electron chi connectivity index (χ3n) is 4.13. The summed E-state index contributed by atoms with van der Waals surface area (Å²) in [7, 11) is 1.93. The molecule has 7 heteroatoms. The van der Waals surface area contributed by atoms with Crippen molar-refractivity contribution >= 4 is 29.0 Å². The molecule has 1 N–H and O–H groups in total. The second-order valence-corrected chi connectivity index (χ2v) is 7.96. The molecule has 1 atom stereocenters. The molecule has 0 aliphatic carbocycles. The molecule has 0 radical (unpaired) electrons. The van der Waals surface area contributed by atoms with E-state index in [0.29, 0.717) is 5.75 Å². The van der Waals surface area contributed by atoms with Crippen LogP contribution in [0.5, 0.6) is 0 Å². The van der Waals surface area contributed by atoms with Crippen LogP contribution < -0.4 is 5.32 Å². The molecule has 2 heterocycles. The summed E-state index contributed by atoms with van der Waals surface area (Å²) in [4.78, 5) is 13.5. The minimum absolute atomic E-state index is 0.00287. The third-order valence-corrected chi connectivity index (χ3v) is 6.02. The lowest BCUT2D eigenvalue weighted by atomic mass is 10.0. The lowest BCUT2D eigenvalue weighted by molar-refractivity contribution is -0.119. The summed E-state index contributed by atoms with van der Waals surface area (Å²) in [5.74, 6) is 1.15. The van der Waals surface area contributed by atoms with Gasteiger partial charge in [-0.3, -0.25) is 4.79 Å². The molecule has 0 saturated carbocycles. The van der Waals surface area contributed by atoms with Crippen LogP contribution in [0.15, 0.2) is 46.9 Å². The fraction of sp³-hybridized carbons (Fsp3) is 0.316. The molecule has 3 rings (SSSR count). The quantitative estimate of drug-likeness (QED) is 0.618. The van der Waals surface area contributed by atoms with Gasteiger partial charge in [0.1, 0.15) is 0 Å². The van der Waals surface area contributed by atoms with Crippen molar-refractivity contribution in [2.24, 2.45) is 7.05 Å². The summed E-state index contributed by atoms with van der Waals surface area (Å²) < 4.78 is 1.93. The SMILES string of the molecule is CCC(NC(=O)CSc1nnc(-c2cccs2)n1C)c1ccc(C)cc1. The van der Waals surface area contributed by atoms with Gasteiger partial charge in [-0.1, -0.05) is 54.6 Å². The Morgan fingerprint density at radius 3 is 2.69 bits per heavy atom. The van der Waals surface area contributed by atoms with E-state index in [2.05, 4.69) is 53.6 Å². The van der Waals surface area contributed by atoms with Gasteiger partial charge in [0.15, 0.2) is 11.0 Å². The molecule has 136 valence electrons. The second-order valence-electron chi connectivity index (χ2n) is 6.07. The number of thiophene rings is 1. The van der Waals surface area contributed by atoms with E-state index in [0.717, 1.165) is 27.8 Å². The summed E-state index contributed by atoms with van der Waals surface area (Å²) in [6.45, 7) is 4.14. The molecular weight excluding hydrogens is 364 g/mol. The van der Waals surface area contributed by atoms with E-state index < -0.39 is 0 Å². The zero-order chi connectivity index (χ0) is 18.5.